The summed E-state index contributed by atoms with van der Waals surface area (Å²) in [5, 5.41) is 0. The molecule has 0 aliphatic carbocycles. The number of aromatic nitrogens is 3. The van der Waals surface area contributed by atoms with Gasteiger partial charge in [-0.3, -0.25) is 4.57 Å². The Balaban J connectivity index is 2.25. The van der Waals surface area contributed by atoms with Crippen LogP contribution in [-0.4, -0.2) is 25.8 Å². The number of halogens is 1. The highest BCUT2D eigenvalue weighted by Gasteiger charge is 2.24. The second-order valence-electron chi connectivity index (χ2n) is 6.26. The molecule has 0 aliphatic heterocycles. The highest BCUT2D eigenvalue weighted by molar-refractivity contribution is 5.88. The van der Waals surface area contributed by atoms with E-state index in [1.807, 2.05) is 0 Å². The van der Waals surface area contributed by atoms with Crippen molar-refractivity contribution >= 4 is 17.1 Å². The Kier molecular flexibility index (Phi) is 3.71. The number of hydrogen-bond donors (Lipinski definition) is 0. The van der Waals surface area contributed by atoms with Gasteiger partial charge in [-0.2, -0.15) is 8.96 Å². The van der Waals surface area contributed by atoms with E-state index in [1.165, 1.54) is 16.8 Å². The number of hydrogen-bond acceptors (Lipinski definition) is 4. The van der Waals surface area contributed by atoms with E-state index in [0.29, 0.717) is 16.7 Å². The fourth-order valence-electron chi connectivity index (χ4n) is 2.38. The molecule has 0 amide bonds. The minimum atomic E-state index is -0.766. The number of ether oxygens (including phenoxy) is 1. The molecule has 0 atom stereocenters. The third-order valence-electron chi connectivity index (χ3n) is 3.29. The van der Waals surface area contributed by atoms with Gasteiger partial charge in [0.1, 0.15) is 5.60 Å². The topological polar surface area (TPSA) is 66.1 Å². The first kappa shape index (κ1) is 15.9. The monoisotopic (exact) mass is 329 g/mol. The standard InChI is InChI=1S/C17H16FN3O3/c1-17(2,3)24-16(23)21-13-7-5-4-6-12(13)20(15(21)22)11-8-9-14(18)19-10-11/h4-10H,1-3H3. The van der Waals surface area contributed by atoms with E-state index in [0.717, 1.165) is 10.6 Å². The Morgan fingerprint density at radius 1 is 1.12 bits per heavy atom. The maximum absolute atomic E-state index is 13.1. The van der Waals surface area contributed by atoms with E-state index >= 15 is 0 Å². The first-order valence-corrected chi connectivity index (χ1v) is 7.36. The van der Waals surface area contributed by atoms with Gasteiger partial charge in [0.05, 0.1) is 22.9 Å². The fraction of sp³-hybridized carbons (Fsp3) is 0.235. The van der Waals surface area contributed by atoms with Crippen LogP contribution in [0.15, 0.2) is 47.4 Å². The Bertz CT molecular complexity index is 965. The Hall–Kier alpha value is -2.96. The molecule has 0 spiro atoms. The number of imidazole rings is 1. The first-order valence-electron chi connectivity index (χ1n) is 7.36. The first-order chi connectivity index (χ1) is 11.3. The molecule has 24 heavy (non-hydrogen) atoms. The number of benzene rings is 1. The smallest absolute Gasteiger partial charge is 0.423 e. The number of carbonyl (C=O) groups excluding carboxylic acids is 1. The molecule has 3 aromatic rings. The van der Waals surface area contributed by atoms with Crippen LogP contribution in [0.3, 0.4) is 0 Å². The van der Waals surface area contributed by atoms with Gasteiger partial charge in [0.2, 0.25) is 5.95 Å². The third-order valence-corrected chi connectivity index (χ3v) is 3.29. The number of fused-ring (bicyclic) bond motifs is 1. The summed E-state index contributed by atoms with van der Waals surface area (Å²) in [5.74, 6) is -0.650. The molecule has 3 rings (SSSR count). The Morgan fingerprint density at radius 3 is 2.38 bits per heavy atom. The van der Waals surface area contributed by atoms with Gasteiger partial charge in [-0.05, 0) is 45.0 Å². The molecule has 0 radical (unpaired) electrons. The average molecular weight is 329 g/mol. The summed E-state index contributed by atoms with van der Waals surface area (Å²) >= 11 is 0. The summed E-state index contributed by atoms with van der Waals surface area (Å²) in [7, 11) is 0. The number of pyridine rings is 1. The average Bonchev–Trinajstić information content (AvgIpc) is 2.78. The van der Waals surface area contributed by atoms with Crippen molar-refractivity contribution in [3.8, 4) is 5.69 Å². The van der Waals surface area contributed by atoms with Crippen molar-refractivity contribution in [3.63, 3.8) is 0 Å². The van der Waals surface area contributed by atoms with Crippen LogP contribution in [0.5, 0.6) is 0 Å². The minimum absolute atomic E-state index is 0.361. The van der Waals surface area contributed by atoms with Crippen LogP contribution < -0.4 is 5.69 Å². The van der Waals surface area contributed by atoms with Gasteiger partial charge in [0.15, 0.2) is 0 Å². The SMILES string of the molecule is CC(C)(C)OC(=O)n1c(=O)n(-c2ccc(F)nc2)c2ccccc21. The van der Waals surface area contributed by atoms with Crippen LogP contribution in [0.2, 0.25) is 0 Å². The van der Waals surface area contributed by atoms with Crippen molar-refractivity contribution in [3.05, 3.63) is 59.0 Å². The van der Waals surface area contributed by atoms with Crippen LogP contribution in [-0.2, 0) is 4.74 Å². The number of rotatable bonds is 1. The zero-order valence-electron chi connectivity index (χ0n) is 13.5. The van der Waals surface area contributed by atoms with Crippen molar-refractivity contribution in [2.24, 2.45) is 0 Å². The molecule has 0 fully saturated rings. The predicted octanol–water partition coefficient (Wildman–Crippen LogP) is 3.11. The summed E-state index contributed by atoms with van der Waals surface area (Å²) in [4.78, 5) is 28.8. The molecular formula is C17H16FN3O3. The quantitative estimate of drug-likeness (QED) is 0.643. The van der Waals surface area contributed by atoms with Gasteiger partial charge in [-0.25, -0.2) is 14.6 Å². The molecule has 0 aliphatic rings. The lowest BCUT2D eigenvalue weighted by Crippen LogP contribution is -2.34. The van der Waals surface area contributed by atoms with Gasteiger partial charge in [-0.1, -0.05) is 12.1 Å². The minimum Gasteiger partial charge on any atom is -0.443 e. The molecule has 0 saturated heterocycles. The zero-order chi connectivity index (χ0) is 17.5. The summed E-state index contributed by atoms with van der Waals surface area (Å²) in [6.45, 7) is 5.16. The van der Waals surface area contributed by atoms with Crippen molar-refractivity contribution in [1.29, 1.82) is 0 Å². The molecule has 0 bridgehead atoms. The van der Waals surface area contributed by atoms with Crippen molar-refractivity contribution < 1.29 is 13.9 Å². The third kappa shape index (κ3) is 2.80. The predicted molar refractivity (Wildman–Crippen MR) is 86.9 cm³/mol. The van der Waals surface area contributed by atoms with E-state index in [-0.39, 0.29) is 0 Å². The molecule has 2 aromatic heterocycles. The van der Waals surface area contributed by atoms with Crippen molar-refractivity contribution in [2.75, 3.05) is 0 Å². The van der Waals surface area contributed by atoms with Crippen LogP contribution in [0.4, 0.5) is 9.18 Å². The van der Waals surface area contributed by atoms with Crippen molar-refractivity contribution in [1.82, 2.24) is 14.1 Å². The lowest BCUT2D eigenvalue weighted by Gasteiger charge is -2.19. The fourth-order valence-corrected chi connectivity index (χ4v) is 2.38. The lowest BCUT2D eigenvalue weighted by atomic mass is 10.2. The van der Waals surface area contributed by atoms with E-state index in [2.05, 4.69) is 4.98 Å². The van der Waals surface area contributed by atoms with Crippen LogP contribution in [0, 0.1) is 5.95 Å². The van der Waals surface area contributed by atoms with Crippen molar-refractivity contribution in [2.45, 2.75) is 26.4 Å². The maximum Gasteiger partial charge on any atom is 0.423 e. The molecule has 0 N–H and O–H groups in total. The summed E-state index contributed by atoms with van der Waals surface area (Å²) in [6.07, 6.45) is 0.473. The highest BCUT2D eigenvalue weighted by atomic mass is 19.1. The van der Waals surface area contributed by atoms with Gasteiger partial charge in [-0.15, -0.1) is 0 Å². The Morgan fingerprint density at radius 2 is 1.79 bits per heavy atom. The van der Waals surface area contributed by atoms with Gasteiger partial charge >= 0.3 is 11.8 Å². The van der Waals surface area contributed by atoms with Crippen LogP contribution >= 0.6 is 0 Å². The van der Waals surface area contributed by atoms with E-state index in [9.17, 15) is 14.0 Å². The van der Waals surface area contributed by atoms with Gasteiger partial charge in [0, 0.05) is 0 Å². The molecule has 2 heterocycles. The van der Waals surface area contributed by atoms with Crippen LogP contribution in [0.1, 0.15) is 20.8 Å². The maximum atomic E-state index is 13.1. The number of para-hydroxylation sites is 2. The summed E-state index contributed by atoms with van der Waals surface area (Å²) < 4.78 is 20.6. The number of nitrogens with zero attached hydrogens (tertiary/aromatic N) is 3. The van der Waals surface area contributed by atoms with E-state index in [1.54, 1.807) is 45.0 Å². The second kappa shape index (κ2) is 5.59. The molecule has 0 saturated carbocycles. The van der Waals surface area contributed by atoms with Gasteiger partial charge < -0.3 is 4.74 Å². The zero-order valence-corrected chi connectivity index (χ0v) is 13.5. The second-order valence-corrected chi connectivity index (χ2v) is 6.26. The molecule has 0 unspecified atom stereocenters. The molecular weight excluding hydrogens is 313 g/mol. The van der Waals surface area contributed by atoms with E-state index < -0.39 is 23.3 Å². The molecule has 7 heteroatoms. The largest absolute Gasteiger partial charge is 0.443 e. The molecule has 6 nitrogen and oxygen atoms in total. The van der Waals surface area contributed by atoms with Crippen LogP contribution in [0.25, 0.3) is 16.7 Å². The highest BCUT2D eigenvalue weighted by Crippen LogP contribution is 2.18. The number of carbonyl (C=O) groups is 1. The van der Waals surface area contributed by atoms with Gasteiger partial charge in [0.25, 0.3) is 0 Å². The summed E-state index contributed by atoms with van der Waals surface area (Å²) in [5.41, 5.74) is -0.0708. The normalized spacial score (nSPS) is 11.7. The summed E-state index contributed by atoms with van der Waals surface area (Å²) in [6, 6.07) is 9.39. The van der Waals surface area contributed by atoms with E-state index in [4.69, 9.17) is 4.74 Å². The molecule has 124 valence electrons. The Labute approximate surface area is 137 Å². The lowest BCUT2D eigenvalue weighted by molar-refractivity contribution is 0.0538. The molecule has 1 aromatic carbocycles.